The van der Waals surface area contributed by atoms with Crippen molar-refractivity contribution < 1.29 is 19.1 Å². The van der Waals surface area contributed by atoms with E-state index in [9.17, 15) is 20.0 Å². The van der Waals surface area contributed by atoms with Crippen LogP contribution in [0.4, 0.5) is 5.69 Å². The number of carbonyl (C=O) groups excluding carboxylic acids is 2. The number of furan rings is 1. The van der Waals surface area contributed by atoms with Crippen molar-refractivity contribution in [3.8, 4) is 17.4 Å². The fourth-order valence-corrected chi connectivity index (χ4v) is 2.64. The van der Waals surface area contributed by atoms with Gasteiger partial charge in [-0.2, -0.15) is 5.26 Å². The molecule has 0 saturated carbocycles. The number of carboxylic acids is 1. The Hall–Kier alpha value is -3.82. The van der Waals surface area contributed by atoms with Crippen LogP contribution < -0.4 is 10.4 Å². The third kappa shape index (κ3) is 4.29. The Kier molecular flexibility index (Phi) is 5.58. The summed E-state index contributed by atoms with van der Waals surface area (Å²) in [6.45, 7) is 0. The Morgan fingerprint density at radius 1 is 1.11 bits per heavy atom. The zero-order chi connectivity index (χ0) is 20.1. The molecule has 28 heavy (non-hydrogen) atoms. The minimum absolute atomic E-state index is 0.0483. The number of anilines is 1. The third-order valence-corrected chi connectivity index (χ3v) is 4.11. The predicted octanol–water partition coefficient (Wildman–Crippen LogP) is 3.51. The van der Waals surface area contributed by atoms with E-state index in [1.54, 1.807) is 36.4 Å². The second-order valence-corrected chi connectivity index (χ2v) is 6.08. The molecule has 0 atom stereocenters. The zero-order valence-corrected chi connectivity index (χ0v) is 15.1. The zero-order valence-electron chi connectivity index (χ0n) is 14.3. The van der Waals surface area contributed by atoms with Crippen LogP contribution in [0.15, 0.2) is 70.7 Å². The second-order valence-electron chi connectivity index (χ2n) is 5.67. The average Bonchev–Trinajstić information content (AvgIpc) is 3.15. The molecular weight excluding hydrogens is 380 g/mol. The molecule has 3 aromatic rings. The van der Waals surface area contributed by atoms with Gasteiger partial charge in [0.25, 0.3) is 5.91 Å². The number of para-hydroxylation sites is 1. The molecule has 7 heteroatoms. The first-order chi connectivity index (χ1) is 13.5. The van der Waals surface area contributed by atoms with Gasteiger partial charge in [-0.25, -0.2) is 0 Å². The van der Waals surface area contributed by atoms with E-state index < -0.39 is 11.9 Å². The van der Waals surface area contributed by atoms with Crippen molar-refractivity contribution in [3.05, 3.63) is 82.6 Å². The van der Waals surface area contributed by atoms with Gasteiger partial charge >= 0.3 is 0 Å². The molecule has 3 rings (SSSR count). The van der Waals surface area contributed by atoms with Gasteiger partial charge < -0.3 is 19.6 Å². The largest absolute Gasteiger partial charge is 0.545 e. The highest BCUT2D eigenvalue weighted by Gasteiger charge is 2.13. The van der Waals surface area contributed by atoms with Crippen LogP contribution in [0, 0.1) is 11.3 Å². The van der Waals surface area contributed by atoms with E-state index in [1.165, 1.54) is 24.3 Å². The van der Waals surface area contributed by atoms with Crippen LogP contribution in [-0.2, 0) is 4.79 Å². The molecule has 0 bridgehead atoms. The first-order valence-corrected chi connectivity index (χ1v) is 8.45. The van der Waals surface area contributed by atoms with Crippen LogP contribution >= 0.6 is 11.6 Å². The van der Waals surface area contributed by atoms with Gasteiger partial charge in [-0.1, -0.05) is 35.9 Å². The molecule has 0 spiro atoms. The lowest BCUT2D eigenvalue weighted by Gasteiger charge is -2.06. The number of benzene rings is 2. The van der Waals surface area contributed by atoms with Crippen molar-refractivity contribution in [2.45, 2.75) is 0 Å². The molecule has 2 aromatic carbocycles. The maximum Gasteiger partial charge on any atom is 0.266 e. The predicted molar refractivity (Wildman–Crippen MR) is 102 cm³/mol. The highest BCUT2D eigenvalue weighted by Crippen LogP contribution is 2.31. The highest BCUT2D eigenvalue weighted by atomic mass is 35.5. The minimum Gasteiger partial charge on any atom is -0.545 e. The van der Waals surface area contributed by atoms with Crippen molar-refractivity contribution in [1.29, 1.82) is 5.26 Å². The summed E-state index contributed by atoms with van der Waals surface area (Å²) in [6.07, 6.45) is 1.29. The quantitative estimate of drug-likeness (QED) is 0.529. The lowest BCUT2D eigenvalue weighted by atomic mass is 10.1. The molecule has 138 valence electrons. The van der Waals surface area contributed by atoms with Crippen LogP contribution in [-0.4, -0.2) is 11.9 Å². The molecule has 0 aliphatic carbocycles. The molecule has 0 radical (unpaired) electrons. The van der Waals surface area contributed by atoms with Crippen molar-refractivity contribution in [1.82, 2.24) is 0 Å². The maximum atomic E-state index is 12.3. The lowest BCUT2D eigenvalue weighted by molar-refractivity contribution is -0.255. The summed E-state index contributed by atoms with van der Waals surface area (Å²) >= 11 is 6.11. The molecule has 1 aromatic heterocycles. The summed E-state index contributed by atoms with van der Waals surface area (Å²) in [5.74, 6) is -1.39. The number of nitrogens with zero attached hydrogens (tertiary/aromatic N) is 1. The van der Waals surface area contributed by atoms with Gasteiger partial charge in [0.05, 0.1) is 11.0 Å². The topological polar surface area (TPSA) is 106 Å². The monoisotopic (exact) mass is 391 g/mol. The summed E-state index contributed by atoms with van der Waals surface area (Å²) in [5.41, 5.74) is 0.710. The molecule has 0 fully saturated rings. The van der Waals surface area contributed by atoms with Gasteiger partial charge in [-0.3, -0.25) is 4.79 Å². The fourth-order valence-electron chi connectivity index (χ4n) is 2.43. The lowest BCUT2D eigenvalue weighted by Crippen LogP contribution is -2.22. The van der Waals surface area contributed by atoms with Crippen molar-refractivity contribution in [3.63, 3.8) is 0 Å². The van der Waals surface area contributed by atoms with Gasteiger partial charge in [0, 0.05) is 17.3 Å². The second kappa shape index (κ2) is 8.25. The first-order valence-electron chi connectivity index (χ1n) is 8.07. The number of hydrogen-bond donors (Lipinski definition) is 1. The van der Waals surface area contributed by atoms with E-state index in [2.05, 4.69) is 5.32 Å². The van der Waals surface area contributed by atoms with Crippen LogP contribution in [0.3, 0.4) is 0 Å². The molecule has 1 N–H and O–H groups in total. The van der Waals surface area contributed by atoms with E-state index >= 15 is 0 Å². The molecule has 0 unspecified atom stereocenters. The number of aromatic carboxylic acids is 1. The maximum absolute atomic E-state index is 12.3. The van der Waals surface area contributed by atoms with Crippen LogP contribution in [0.1, 0.15) is 16.1 Å². The van der Waals surface area contributed by atoms with Crippen LogP contribution in [0.5, 0.6) is 0 Å². The Morgan fingerprint density at radius 3 is 2.54 bits per heavy atom. The Morgan fingerprint density at radius 2 is 1.86 bits per heavy atom. The summed E-state index contributed by atoms with van der Waals surface area (Å²) in [6, 6.07) is 17.7. The number of amides is 1. The number of halogens is 1. The first kappa shape index (κ1) is 19.0. The normalized spacial score (nSPS) is 10.9. The highest BCUT2D eigenvalue weighted by molar-refractivity contribution is 6.33. The Labute approximate surface area is 165 Å². The number of nitrogens with one attached hydrogen (secondary N) is 1. The van der Waals surface area contributed by atoms with Gasteiger partial charge in [-0.15, -0.1) is 0 Å². The summed E-state index contributed by atoms with van der Waals surface area (Å²) < 4.78 is 5.61. The Balaban J connectivity index is 1.87. The smallest absolute Gasteiger partial charge is 0.266 e. The summed E-state index contributed by atoms with van der Waals surface area (Å²) in [4.78, 5) is 23.3. The standard InChI is InChI=1S/C21H13ClN2O4/c22-18-8-6-13(21(26)27)11-17(18)19-9-7-16(28-19)10-14(12-23)20(25)24-15-4-2-1-3-5-15/h1-11H,(H,24,25)(H,26,27)/p-1/b14-10+. The van der Waals surface area contributed by atoms with Crippen LogP contribution in [0.25, 0.3) is 17.4 Å². The minimum atomic E-state index is -1.34. The number of carbonyl (C=O) groups is 2. The number of rotatable bonds is 5. The third-order valence-electron chi connectivity index (χ3n) is 3.78. The van der Waals surface area contributed by atoms with Gasteiger partial charge in [-0.05, 0) is 42.0 Å². The molecular formula is C21H12ClN2O4-. The number of hydrogen-bond acceptors (Lipinski definition) is 5. The Bertz CT molecular complexity index is 1110. The van der Waals surface area contributed by atoms with Gasteiger partial charge in [0.1, 0.15) is 23.2 Å². The van der Waals surface area contributed by atoms with Gasteiger partial charge in [0.15, 0.2) is 0 Å². The van der Waals surface area contributed by atoms with Crippen LogP contribution in [0.2, 0.25) is 5.02 Å². The van der Waals surface area contributed by atoms with Crippen molar-refractivity contribution in [2.24, 2.45) is 0 Å². The van der Waals surface area contributed by atoms with Crippen molar-refractivity contribution >= 4 is 35.2 Å². The molecule has 1 amide bonds. The van der Waals surface area contributed by atoms with E-state index in [0.717, 1.165) is 0 Å². The fraction of sp³-hybridized carbons (Fsp3) is 0. The van der Waals surface area contributed by atoms with E-state index in [4.69, 9.17) is 16.0 Å². The molecule has 0 aliphatic rings. The summed E-state index contributed by atoms with van der Waals surface area (Å²) in [5, 5.41) is 23.2. The molecule has 0 saturated heterocycles. The van der Waals surface area contributed by atoms with E-state index in [0.29, 0.717) is 17.0 Å². The number of nitriles is 1. The molecule has 1 heterocycles. The summed E-state index contributed by atoms with van der Waals surface area (Å²) in [7, 11) is 0. The van der Waals surface area contributed by atoms with Gasteiger partial charge in [0.2, 0.25) is 0 Å². The average molecular weight is 392 g/mol. The van der Waals surface area contributed by atoms with E-state index in [-0.39, 0.29) is 21.9 Å². The molecule has 6 nitrogen and oxygen atoms in total. The number of carboxylic acid groups (broad SMARTS) is 1. The van der Waals surface area contributed by atoms with Crippen molar-refractivity contribution in [2.75, 3.05) is 5.32 Å². The van der Waals surface area contributed by atoms with E-state index in [1.807, 2.05) is 12.1 Å². The SMILES string of the molecule is N#C/C(=C\c1ccc(-c2cc(C(=O)[O-])ccc2Cl)o1)C(=O)Nc1ccccc1. The molecule has 0 aliphatic heterocycles.